The van der Waals surface area contributed by atoms with Crippen LogP contribution in [0.3, 0.4) is 0 Å². The Morgan fingerprint density at radius 1 is 1.56 bits per heavy atom. The highest BCUT2D eigenvalue weighted by molar-refractivity contribution is 5.73. The lowest BCUT2D eigenvalue weighted by atomic mass is 9.93. The van der Waals surface area contributed by atoms with E-state index in [9.17, 15) is 4.79 Å². The summed E-state index contributed by atoms with van der Waals surface area (Å²) in [6.07, 6.45) is 3.76. The van der Waals surface area contributed by atoms with Crippen molar-refractivity contribution in [3.63, 3.8) is 0 Å². The van der Waals surface area contributed by atoms with Gasteiger partial charge >= 0.3 is 0 Å². The summed E-state index contributed by atoms with van der Waals surface area (Å²) in [5, 5.41) is 0. The van der Waals surface area contributed by atoms with Crippen LogP contribution in [0.25, 0.3) is 0 Å². The number of rotatable bonds is 4. The Kier molecular flexibility index (Phi) is 4.18. The molecule has 1 aromatic heterocycles. The SMILES string of the molecule is Cc1cccc(N2CCC[C@@H](CCC(N)=O)C2)n1. The van der Waals surface area contributed by atoms with Gasteiger partial charge in [-0.25, -0.2) is 4.98 Å². The first kappa shape index (κ1) is 12.9. The largest absolute Gasteiger partial charge is 0.370 e. The molecule has 2 rings (SSSR count). The lowest BCUT2D eigenvalue weighted by Crippen LogP contribution is -2.36. The van der Waals surface area contributed by atoms with E-state index in [0.717, 1.165) is 31.0 Å². The van der Waals surface area contributed by atoms with Gasteiger partial charge in [0.15, 0.2) is 0 Å². The molecule has 98 valence electrons. The van der Waals surface area contributed by atoms with Crippen LogP contribution in [0.5, 0.6) is 0 Å². The molecule has 0 aliphatic carbocycles. The molecule has 0 bridgehead atoms. The quantitative estimate of drug-likeness (QED) is 0.883. The van der Waals surface area contributed by atoms with Gasteiger partial charge in [0, 0.05) is 25.2 Å². The normalized spacial score (nSPS) is 19.8. The number of nitrogens with zero attached hydrogens (tertiary/aromatic N) is 2. The van der Waals surface area contributed by atoms with Gasteiger partial charge in [-0.2, -0.15) is 0 Å². The summed E-state index contributed by atoms with van der Waals surface area (Å²) >= 11 is 0. The number of anilines is 1. The first-order valence-corrected chi connectivity index (χ1v) is 6.62. The zero-order valence-electron chi connectivity index (χ0n) is 10.9. The average Bonchev–Trinajstić information content (AvgIpc) is 2.37. The van der Waals surface area contributed by atoms with E-state index in [2.05, 4.69) is 16.0 Å². The third-order valence-electron chi connectivity index (χ3n) is 3.52. The number of nitrogens with two attached hydrogens (primary N) is 1. The minimum absolute atomic E-state index is 0.194. The molecule has 0 saturated carbocycles. The molecule has 1 aliphatic heterocycles. The second kappa shape index (κ2) is 5.85. The molecule has 1 atom stereocenters. The van der Waals surface area contributed by atoms with Gasteiger partial charge in [0.1, 0.15) is 5.82 Å². The van der Waals surface area contributed by atoms with E-state index in [1.807, 2.05) is 19.1 Å². The van der Waals surface area contributed by atoms with Crippen LogP contribution in [0.15, 0.2) is 18.2 Å². The fourth-order valence-corrected chi connectivity index (χ4v) is 2.56. The highest BCUT2D eigenvalue weighted by Gasteiger charge is 2.21. The number of hydrogen-bond acceptors (Lipinski definition) is 3. The molecule has 0 aromatic carbocycles. The Morgan fingerprint density at radius 3 is 3.11 bits per heavy atom. The topological polar surface area (TPSA) is 59.2 Å². The minimum atomic E-state index is -0.194. The minimum Gasteiger partial charge on any atom is -0.370 e. The van der Waals surface area contributed by atoms with Crippen LogP contribution in [-0.2, 0) is 4.79 Å². The van der Waals surface area contributed by atoms with Crippen molar-refractivity contribution in [1.82, 2.24) is 4.98 Å². The van der Waals surface area contributed by atoms with E-state index in [1.54, 1.807) is 0 Å². The molecular weight excluding hydrogens is 226 g/mol. The lowest BCUT2D eigenvalue weighted by Gasteiger charge is -2.33. The van der Waals surface area contributed by atoms with Gasteiger partial charge in [-0.1, -0.05) is 6.07 Å². The highest BCUT2D eigenvalue weighted by Crippen LogP contribution is 2.24. The summed E-state index contributed by atoms with van der Waals surface area (Å²) in [5.41, 5.74) is 6.26. The third-order valence-corrected chi connectivity index (χ3v) is 3.52. The Balaban J connectivity index is 1.96. The molecule has 1 amide bonds. The maximum atomic E-state index is 10.8. The Hall–Kier alpha value is -1.58. The number of pyridine rings is 1. The summed E-state index contributed by atoms with van der Waals surface area (Å²) in [6, 6.07) is 6.12. The third kappa shape index (κ3) is 3.45. The van der Waals surface area contributed by atoms with Gasteiger partial charge in [0.2, 0.25) is 5.91 Å². The Labute approximate surface area is 108 Å². The van der Waals surface area contributed by atoms with Crippen molar-refractivity contribution in [2.75, 3.05) is 18.0 Å². The summed E-state index contributed by atoms with van der Waals surface area (Å²) in [6.45, 7) is 4.06. The van der Waals surface area contributed by atoms with E-state index in [4.69, 9.17) is 5.73 Å². The molecular formula is C14H21N3O. The van der Waals surface area contributed by atoms with Crippen molar-refractivity contribution in [3.05, 3.63) is 23.9 Å². The van der Waals surface area contributed by atoms with E-state index in [-0.39, 0.29) is 5.91 Å². The number of carbonyl (C=O) groups excluding carboxylic acids is 1. The van der Waals surface area contributed by atoms with Gasteiger partial charge in [-0.15, -0.1) is 0 Å². The second-order valence-corrected chi connectivity index (χ2v) is 5.10. The Bertz CT molecular complexity index is 419. The number of primary amides is 1. The monoisotopic (exact) mass is 247 g/mol. The van der Waals surface area contributed by atoms with Crippen LogP contribution < -0.4 is 10.6 Å². The molecule has 2 heterocycles. The van der Waals surface area contributed by atoms with Crippen LogP contribution in [0.4, 0.5) is 5.82 Å². The molecule has 2 N–H and O–H groups in total. The first-order valence-electron chi connectivity index (χ1n) is 6.62. The number of piperidine rings is 1. The molecule has 1 aliphatic rings. The standard InChI is InChI=1S/C14H21N3O/c1-11-4-2-6-14(16-11)17-9-3-5-12(10-17)7-8-13(15)18/h2,4,6,12H,3,5,7-10H2,1H3,(H2,15,18)/t12-/m0/s1. The smallest absolute Gasteiger partial charge is 0.217 e. The maximum absolute atomic E-state index is 10.8. The van der Waals surface area contributed by atoms with Crippen molar-refractivity contribution in [2.45, 2.75) is 32.6 Å². The molecule has 0 unspecified atom stereocenters. The summed E-state index contributed by atoms with van der Waals surface area (Å²) in [5.74, 6) is 1.42. The van der Waals surface area contributed by atoms with Crippen LogP contribution in [0, 0.1) is 12.8 Å². The molecule has 1 fully saturated rings. The van der Waals surface area contributed by atoms with E-state index < -0.39 is 0 Å². The van der Waals surface area contributed by atoms with Crippen LogP contribution in [0.2, 0.25) is 0 Å². The van der Waals surface area contributed by atoms with Gasteiger partial charge < -0.3 is 10.6 Å². The fourth-order valence-electron chi connectivity index (χ4n) is 2.56. The fraction of sp³-hybridized carbons (Fsp3) is 0.571. The summed E-state index contributed by atoms with van der Waals surface area (Å²) in [7, 11) is 0. The predicted octanol–water partition coefficient (Wildman–Crippen LogP) is 1.87. The summed E-state index contributed by atoms with van der Waals surface area (Å²) in [4.78, 5) is 17.7. The van der Waals surface area contributed by atoms with Crippen molar-refractivity contribution in [2.24, 2.45) is 11.7 Å². The molecule has 1 aromatic rings. The zero-order chi connectivity index (χ0) is 13.0. The number of aryl methyl sites for hydroxylation is 1. The van der Waals surface area contributed by atoms with E-state index >= 15 is 0 Å². The van der Waals surface area contributed by atoms with E-state index in [0.29, 0.717) is 12.3 Å². The van der Waals surface area contributed by atoms with Crippen LogP contribution in [0.1, 0.15) is 31.4 Å². The summed E-state index contributed by atoms with van der Waals surface area (Å²) < 4.78 is 0. The molecule has 4 nitrogen and oxygen atoms in total. The molecule has 18 heavy (non-hydrogen) atoms. The van der Waals surface area contributed by atoms with Gasteiger partial charge in [0.25, 0.3) is 0 Å². The maximum Gasteiger partial charge on any atom is 0.217 e. The zero-order valence-corrected chi connectivity index (χ0v) is 10.9. The molecule has 0 spiro atoms. The van der Waals surface area contributed by atoms with Crippen molar-refractivity contribution >= 4 is 11.7 Å². The number of hydrogen-bond donors (Lipinski definition) is 1. The second-order valence-electron chi connectivity index (χ2n) is 5.10. The van der Waals surface area contributed by atoms with Crippen molar-refractivity contribution < 1.29 is 4.79 Å². The van der Waals surface area contributed by atoms with Crippen molar-refractivity contribution in [1.29, 1.82) is 0 Å². The molecule has 4 heteroatoms. The number of aromatic nitrogens is 1. The van der Waals surface area contributed by atoms with Crippen LogP contribution >= 0.6 is 0 Å². The highest BCUT2D eigenvalue weighted by atomic mass is 16.1. The van der Waals surface area contributed by atoms with Crippen LogP contribution in [-0.4, -0.2) is 24.0 Å². The Morgan fingerprint density at radius 2 is 2.39 bits per heavy atom. The van der Waals surface area contributed by atoms with Gasteiger partial charge in [0.05, 0.1) is 0 Å². The first-order chi connectivity index (χ1) is 8.65. The lowest BCUT2D eigenvalue weighted by molar-refractivity contribution is -0.118. The van der Waals surface area contributed by atoms with Gasteiger partial charge in [-0.3, -0.25) is 4.79 Å². The average molecular weight is 247 g/mol. The van der Waals surface area contributed by atoms with E-state index in [1.165, 1.54) is 12.8 Å². The molecule has 0 radical (unpaired) electrons. The predicted molar refractivity (Wildman–Crippen MR) is 72.3 cm³/mol. The molecule has 1 saturated heterocycles. The van der Waals surface area contributed by atoms with Crippen molar-refractivity contribution in [3.8, 4) is 0 Å². The number of amides is 1. The number of carbonyl (C=O) groups is 1. The van der Waals surface area contributed by atoms with Gasteiger partial charge in [-0.05, 0) is 44.2 Å².